The molecule has 0 atom stereocenters. The summed E-state index contributed by atoms with van der Waals surface area (Å²) in [5.74, 6) is 1.03. The third kappa shape index (κ3) is 2.09. The fourth-order valence-electron chi connectivity index (χ4n) is 1.87. The highest BCUT2D eigenvalue weighted by molar-refractivity contribution is 5.81. The summed E-state index contributed by atoms with van der Waals surface area (Å²) in [4.78, 5) is 6.65. The minimum atomic E-state index is 0.862. The number of hydrogen-bond donors (Lipinski definition) is 1. The van der Waals surface area contributed by atoms with E-state index in [1.165, 1.54) is 19.1 Å². The molecule has 1 aromatic heterocycles. The standard InChI is InChI=1S/C11H15N3O/c1-9-6-11(14-4-2-3-5-14)12-7-10(9)8-13-15/h6-8,15H,2-5H2,1H3/b13-8-. The third-order valence-electron chi connectivity index (χ3n) is 2.76. The molecular formula is C11H15N3O. The highest BCUT2D eigenvalue weighted by atomic mass is 16.4. The Labute approximate surface area is 89.2 Å². The van der Waals surface area contributed by atoms with Crippen molar-refractivity contribution in [2.45, 2.75) is 19.8 Å². The molecule has 0 amide bonds. The summed E-state index contributed by atoms with van der Waals surface area (Å²) >= 11 is 0. The molecule has 80 valence electrons. The van der Waals surface area contributed by atoms with Crippen molar-refractivity contribution in [3.05, 3.63) is 23.4 Å². The van der Waals surface area contributed by atoms with Crippen LogP contribution in [0.4, 0.5) is 5.82 Å². The molecule has 0 aliphatic carbocycles. The quantitative estimate of drug-likeness (QED) is 0.455. The first-order valence-corrected chi connectivity index (χ1v) is 5.20. The van der Waals surface area contributed by atoms with Crippen LogP contribution in [0.25, 0.3) is 0 Å². The molecule has 1 N–H and O–H groups in total. The summed E-state index contributed by atoms with van der Waals surface area (Å²) in [6, 6.07) is 2.04. The molecule has 0 aromatic carbocycles. The molecule has 15 heavy (non-hydrogen) atoms. The van der Waals surface area contributed by atoms with Crippen LogP contribution in [0.15, 0.2) is 17.4 Å². The van der Waals surface area contributed by atoms with Crippen LogP contribution in [0.3, 0.4) is 0 Å². The van der Waals surface area contributed by atoms with E-state index in [1.807, 2.05) is 13.0 Å². The van der Waals surface area contributed by atoms with Crippen LogP contribution < -0.4 is 4.90 Å². The van der Waals surface area contributed by atoms with Gasteiger partial charge in [0.1, 0.15) is 5.82 Å². The average Bonchev–Trinajstić information content (AvgIpc) is 2.74. The van der Waals surface area contributed by atoms with E-state index in [0.29, 0.717) is 0 Å². The lowest BCUT2D eigenvalue weighted by Gasteiger charge is -2.16. The number of aromatic nitrogens is 1. The van der Waals surface area contributed by atoms with Crippen molar-refractivity contribution in [2.75, 3.05) is 18.0 Å². The van der Waals surface area contributed by atoms with Gasteiger partial charge in [0.05, 0.1) is 6.21 Å². The maximum atomic E-state index is 8.46. The molecule has 2 rings (SSSR count). The molecular weight excluding hydrogens is 190 g/mol. The van der Waals surface area contributed by atoms with Crippen molar-refractivity contribution in [3.8, 4) is 0 Å². The number of aryl methyl sites for hydroxylation is 1. The second-order valence-corrected chi connectivity index (χ2v) is 3.84. The zero-order chi connectivity index (χ0) is 10.7. The lowest BCUT2D eigenvalue weighted by molar-refractivity contribution is 0.322. The van der Waals surface area contributed by atoms with Gasteiger partial charge in [0, 0.05) is 24.8 Å². The van der Waals surface area contributed by atoms with Gasteiger partial charge in [0.2, 0.25) is 0 Å². The van der Waals surface area contributed by atoms with E-state index < -0.39 is 0 Å². The molecule has 4 heteroatoms. The van der Waals surface area contributed by atoms with Crippen LogP contribution in [0.5, 0.6) is 0 Å². The van der Waals surface area contributed by atoms with Crippen molar-refractivity contribution in [1.82, 2.24) is 4.98 Å². The third-order valence-corrected chi connectivity index (χ3v) is 2.76. The molecule has 1 saturated heterocycles. The Balaban J connectivity index is 2.24. The van der Waals surface area contributed by atoms with Gasteiger partial charge in [-0.05, 0) is 31.4 Å². The van der Waals surface area contributed by atoms with Gasteiger partial charge >= 0.3 is 0 Å². The normalized spacial score (nSPS) is 16.5. The summed E-state index contributed by atoms with van der Waals surface area (Å²) in [5.41, 5.74) is 1.95. The predicted molar refractivity (Wildman–Crippen MR) is 59.8 cm³/mol. The Bertz CT molecular complexity index is 370. The number of pyridine rings is 1. The van der Waals surface area contributed by atoms with Gasteiger partial charge in [-0.1, -0.05) is 5.16 Å². The molecule has 1 fully saturated rings. The predicted octanol–water partition coefficient (Wildman–Crippen LogP) is 1.80. The first-order valence-electron chi connectivity index (χ1n) is 5.20. The summed E-state index contributed by atoms with van der Waals surface area (Å²) < 4.78 is 0. The molecule has 0 bridgehead atoms. The fourth-order valence-corrected chi connectivity index (χ4v) is 1.87. The Morgan fingerprint density at radius 1 is 1.47 bits per heavy atom. The molecule has 0 radical (unpaired) electrons. The second kappa shape index (κ2) is 4.29. The first kappa shape index (κ1) is 9.96. The topological polar surface area (TPSA) is 48.7 Å². The lowest BCUT2D eigenvalue weighted by Crippen LogP contribution is -2.19. The monoisotopic (exact) mass is 205 g/mol. The number of hydrogen-bond acceptors (Lipinski definition) is 4. The van der Waals surface area contributed by atoms with Crippen LogP contribution >= 0.6 is 0 Å². The van der Waals surface area contributed by atoms with Gasteiger partial charge < -0.3 is 10.1 Å². The van der Waals surface area contributed by atoms with Gasteiger partial charge in [-0.3, -0.25) is 0 Å². The molecule has 0 unspecified atom stereocenters. The molecule has 2 heterocycles. The maximum Gasteiger partial charge on any atom is 0.128 e. The molecule has 0 spiro atoms. The van der Waals surface area contributed by atoms with Crippen molar-refractivity contribution in [1.29, 1.82) is 0 Å². The van der Waals surface area contributed by atoms with Gasteiger partial charge in [0.15, 0.2) is 0 Å². The van der Waals surface area contributed by atoms with E-state index in [1.54, 1.807) is 6.20 Å². The summed E-state index contributed by atoms with van der Waals surface area (Å²) in [6.45, 7) is 4.19. The Morgan fingerprint density at radius 2 is 2.20 bits per heavy atom. The lowest BCUT2D eigenvalue weighted by atomic mass is 10.2. The summed E-state index contributed by atoms with van der Waals surface area (Å²) in [6.07, 6.45) is 5.67. The SMILES string of the molecule is Cc1cc(N2CCCC2)ncc1/C=N\O. The zero-order valence-corrected chi connectivity index (χ0v) is 8.85. The van der Waals surface area contributed by atoms with Crippen LogP contribution in [0.1, 0.15) is 24.0 Å². The highest BCUT2D eigenvalue weighted by Gasteiger charge is 2.13. The van der Waals surface area contributed by atoms with Gasteiger partial charge in [0.25, 0.3) is 0 Å². The molecule has 1 aromatic rings. The van der Waals surface area contributed by atoms with E-state index in [-0.39, 0.29) is 0 Å². The number of nitrogens with zero attached hydrogens (tertiary/aromatic N) is 3. The van der Waals surface area contributed by atoms with Crippen LogP contribution in [0.2, 0.25) is 0 Å². The first-order chi connectivity index (χ1) is 7.31. The van der Waals surface area contributed by atoms with Gasteiger partial charge in [-0.25, -0.2) is 4.98 Å². The van der Waals surface area contributed by atoms with Crippen LogP contribution in [-0.2, 0) is 0 Å². The van der Waals surface area contributed by atoms with E-state index >= 15 is 0 Å². The second-order valence-electron chi connectivity index (χ2n) is 3.84. The number of anilines is 1. The van der Waals surface area contributed by atoms with Crippen molar-refractivity contribution < 1.29 is 5.21 Å². The minimum Gasteiger partial charge on any atom is -0.411 e. The van der Waals surface area contributed by atoms with Gasteiger partial charge in [-0.15, -0.1) is 0 Å². The van der Waals surface area contributed by atoms with Crippen LogP contribution in [0, 0.1) is 6.92 Å². The largest absolute Gasteiger partial charge is 0.411 e. The van der Waals surface area contributed by atoms with Crippen molar-refractivity contribution >= 4 is 12.0 Å². The number of rotatable bonds is 2. The summed E-state index contributed by atoms with van der Waals surface area (Å²) in [5, 5.41) is 11.5. The van der Waals surface area contributed by atoms with E-state index in [9.17, 15) is 0 Å². The van der Waals surface area contributed by atoms with Crippen molar-refractivity contribution in [2.24, 2.45) is 5.16 Å². The number of oxime groups is 1. The summed E-state index contributed by atoms with van der Waals surface area (Å²) in [7, 11) is 0. The Kier molecular flexibility index (Phi) is 2.85. The smallest absolute Gasteiger partial charge is 0.128 e. The Hall–Kier alpha value is -1.58. The maximum absolute atomic E-state index is 8.46. The van der Waals surface area contributed by atoms with Gasteiger partial charge in [-0.2, -0.15) is 0 Å². The Morgan fingerprint density at radius 3 is 2.80 bits per heavy atom. The molecule has 1 aliphatic heterocycles. The molecule has 4 nitrogen and oxygen atoms in total. The minimum absolute atomic E-state index is 0.862. The fraction of sp³-hybridized carbons (Fsp3) is 0.455. The average molecular weight is 205 g/mol. The van der Waals surface area contributed by atoms with E-state index in [0.717, 1.165) is 30.0 Å². The zero-order valence-electron chi connectivity index (χ0n) is 8.85. The molecule has 0 saturated carbocycles. The highest BCUT2D eigenvalue weighted by Crippen LogP contribution is 2.19. The molecule has 1 aliphatic rings. The van der Waals surface area contributed by atoms with E-state index in [4.69, 9.17) is 5.21 Å². The van der Waals surface area contributed by atoms with Crippen molar-refractivity contribution in [3.63, 3.8) is 0 Å². The van der Waals surface area contributed by atoms with E-state index in [2.05, 4.69) is 15.0 Å². The van der Waals surface area contributed by atoms with Crippen LogP contribution in [-0.4, -0.2) is 29.5 Å².